The Hall–Kier alpha value is -2.38. The lowest BCUT2D eigenvalue weighted by Gasteiger charge is -2.20. The summed E-state index contributed by atoms with van der Waals surface area (Å²) in [5.74, 6) is 0.476. The van der Waals surface area contributed by atoms with E-state index in [1.54, 1.807) is 0 Å². The smallest absolute Gasteiger partial charge is 0.247 e. The monoisotopic (exact) mass is 440 g/mol. The summed E-state index contributed by atoms with van der Waals surface area (Å²) < 4.78 is 7.19. The SMILES string of the molecule is CSc1nnc2c(n1)O[C@@H](/C(C)=C/c1ccccc1)Nc1ccc(Br)cc1-2. The van der Waals surface area contributed by atoms with E-state index in [0.29, 0.717) is 16.7 Å². The lowest BCUT2D eigenvalue weighted by molar-refractivity contribution is 0.255. The van der Waals surface area contributed by atoms with Crippen LogP contribution in [0.3, 0.4) is 0 Å². The minimum absolute atomic E-state index is 0.363. The van der Waals surface area contributed by atoms with Gasteiger partial charge in [-0.25, -0.2) is 0 Å². The molecule has 0 amide bonds. The molecule has 1 atom stereocenters. The van der Waals surface area contributed by atoms with Gasteiger partial charge in [-0.15, -0.1) is 10.2 Å². The molecule has 0 unspecified atom stereocenters. The van der Waals surface area contributed by atoms with Gasteiger partial charge < -0.3 is 10.1 Å². The molecule has 0 spiro atoms. The van der Waals surface area contributed by atoms with Crippen LogP contribution in [0.15, 0.2) is 63.7 Å². The second kappa shape index (κ2) is 7.70. The Bertz CT molecular complexity index is 1010. The number of fused-ring (bicyclic) bond motifs is 3. The van der Waals surface area contributed by atoms with Crippen LogP contribution in [0.2, 0.25) is 0 Å². The number of thioether (sulfide) groups is 1. The van der Waals surface area contributed by atoms with Crippen LogP contribution >= 0.6 is 27.7 Å². The van der Waals surface area contributed by atoms with Gasteiger partial charge in [0.05, 0.1) is 0 Å². The second-order valence-corrected chi connectivity index (χ2v) is 7.77. The molecule has 4 rings (SSSR count). The molecule has 5 nitrogen and oxygen atoms in total. The van der Waals surface area contributed by atoms with E-state index < -0.39 is 0 Å². The van der Waals surface area contributed by atoms with Gasteiger partial charge in [0.1, 0.15) is 0 Å². The summed E-state index contributed by atoms with van der Waals surface area (Å²) in [6.07, 6.45) is 3.66. The molecule has 7 heteroatoms. The molecule has 1 aliphatic heterocycles. The van der Waals surface area contributed by atoms with Gasteiger partial charge in [0, 0.05) is 15.7 Å². The van der Waals surface area contributed by atoms with Gasteiger partial charge in [-0.3, -0.25) is 0 Å². The van der Waals surface area contributed by atoms with E-state index in [0.717, 1.165) is 26.9 Å². The van der Waals surface area contributed by atoms with Crippen molar-refractivity contribution in [3.63, 3.8) is 0 Å². The average molecular weight is 441 g/mol. The Morgan fingerprint density at radius 3 is 2.78 bits per heavy atom. The van der Waals surface area contributed by atoms with Crippen LogP contribution in [-0.4, -0.2) is 27.7 Å². The van der Waals surface area contributed by atoms with Crippen molar-refractivity contribution in [2.24, 2.45) is 0 Å². The number of hydrogen-bond donors (Lipinski definition) is 1. The highest BCUT2D eigenvalue weighted by Crippen LogP contribution is 2.38. The first kappa shape index (κ1) is 18.0. The zero-order valence-electron chi connectivity index (χ0n) is 14.8. The summed E-state index contributed by atoms with van der Waals surface area (Å²) in [6, 6.07) is 16.2. The Morgan fingerprint density at radius 2 is 2.00 bits per heavy atom. The van der Waals surface area contributed by atoms with Crippen LogP contribution in [0.1, 0.15) is 12.5 Å². The van der Waals surface area contributed by atoms with Gasteiger partial charge in [0.2, 0.25) is 11.0 Å². The predicted octanol–water partition coefficient (Wildman–Crippen LogP) is 5.26. The van der Waals surface area contributed by atoms with Crippen LogP contribution in [0.25, 0.3) is 17.3 Å². The summed E-state index contributed by atoms with van der Waals surface area (Å²) >= 11 is 4.97. The fourth-order valence-electron chi connectivity index (χ4n) is 2.85. The number of halogens is 1. The molecule has 0 bridgehead atoms. The predicted molar refractivity (Wildman–Crippen MR) is 113 cm³/mol. The minimum atomic E-state index is -0.363. The van der Waals surface area contributed by atoms with Crippen molar-refractivity contribution in [3.8, 4) is 17.1 Å². The molecular weight excluding hydrogens is 424 g/mol. The number of anilines is 1. The molecule has 2 aromatic carbocycles. The fourth-order valence-corrected chi connectivity index (χ4v) is 3.51. The van der Waals surface area contributed by atoms with Crippen LogP contribution in [-0.2, 0) is 0 Å². The van der Waals surface area contributed by atoms with E-state index in [1.165, 1.54) is 11.8 Å². The van der Waals surface area contributed by atoms with Crippen molar-refractivity contribution >= 4 is 39.5 Å². The van der Waals surface area contributed by atoms with Gasteiger partial charge in [0.15, 0.2) is 11.9 Å². The number of aromatic nitrogens is 3. The topological polar surface area (TPSA) is 59.9 Å². The number of ether oxygens (including phenoxy) is 1. The third kappa shape index (κ3) is 3.84. The molecule has 1 aliphatic rings. The maximum Gasteiger partial charge on any atom is 0.247 e. The van der Waals surface area contributed by atoms with Crippen molar-refractivity contribution in [1.29, 1.82) is 0 Å². The zero-order chi connectivity index (χ0) is 18.8. The molecule has 0 aliphatic carbocycles. The van der Waals surface area contributed by atoms with Gasteiger partial charge >= 0.3 is 0 Å². The first-order chi connectivity index (χ1) is 13.1. The molecule has 2 heterocycles. The maximum atomic E-state index is 6.23. The van der Waals surface area contributed by atoms with Crippen molar-refractivity contribution in [1.82, 2.24) is 15.2 Å². The Balaban J connectivity index is 1.80. The standard InChI is InChI=1S/C20H17BrN4OS/c1-12(10-13-6-4-3-5-7-13)18-22-16-9-8-14(21)11-15(16)17-19(26-18)23-20(27-2)25-24-17/h3-11,18,22H,1-2H3/b12-10+/t18-/m0/s1. The molecule has 0 saturated carbocycles. The third-order valence-corrected chi connectivity index (χ3v) is 5.21. The molecular formula is C20H17BrN4OS. The summed E-state index contributed by atoms with van der Waals surface area (Å²) in [5, 5.41) is 12.6. The average Bonchev–Trinajstić information content (AvgIpc) is 2.85. The Kier molecular flexibility index (Phi) is 5.13. The molecule has 0 fully saturated rings. The third-order valence-electron chi connectivity index (χ3n) is 4.18. The van der Waals surface area contributed by atoms with Crippen molar-refractivity contribution in [2.45, 2.75) is 18.3 Å². The van der Waals surface area contributed by atoms with E-state index in [4.69, 9.17) is 4.74 Å². The van der Waals surface area contributed by atoms with E-state index in [9.17, 15) is 0 Å². The second-order valence-electron chi connectivity index (χ2n) is 6.08. The molecule has 0 saturated heterocycles. The van der Waals surface area contributed by atoms with Crippen molar-refractivity contribution in [3.05, 3.63) is 64.1 Å². The summed E-state index contributed by atoms with van der Waals surface area (Å²) in [5.41, 5.74) is 4.61. The van der Waals surface area contributed by atoms with E-state index in [-0.39, 0.29) is 6.23 Å². The van der Waals surface area contributed by atoms with Gasteiger partial charge in [0.25, 0.3) is 0 Å². The first-order valence-electron chi connectivity index (χ1n) is 8.39. The Morgan fingerprint density at radius 1 is 1.19 bits per heavy atom. The summed E-state index contributed by atoms with van der Waals surface area (Å²) in [7, 11) is 0. The van der Waals surface area contributed by atoms with Crippen LogP contribution in [0.4, 0.5) is 5.69 Å². The van der Waals surface area contributed by atoms with Gasteiger partial charge in [-0.05, 0) is 42.5 Å². The highest BCUT2D eigenvalue weighted by atomic mass is 79.9. The minimum Gasteiger partial charge on any atom is -0.448 e. The highest BCUT2D eigenvalue weighted by molar-refractivity contribution is 9.10. The molecule has 0 radical (unpaired) electrons. The number of benzene rings is 2. The normalized spacial score (nSPS) is 15.8. The fraction of sp³-hybridized carbons (Fsp3) is 0.150. The zero-order valence-corrected chi connectivity index (χ0v) is 17.2. The Labute approximate surface area is 170 Å². The highest BCUT2D eigenvalue weighted by Gasteiger charge is 2.26. The lowest BCUT2D eigenvalue weighted by Crippen LogP contribution is -2.27. The van der Waals surface area contributed by atoms with E-state index in [2.05, 4.69) is 54.6 Å². The van der Waals surface area contributed by atoms with Crippen LogP contribution in [0, 0.1) is 0 Å². The number of nitrogens with one attached hydrogen (secondary N) is 1. The molecule has 27 heavy (non-hydrogen) atoms. The lowest BCUT2D eigenvalue weighted by atomic mass is 10.1. The molecule has 1 N–H and O–H groups in total. The van der Waals surface area contributed by atoms with Crippen LogP contribution < -0.4 is 10.1 Å². The van der Waals surface area contributed by atoms with Gasteiger partial charge in [-0.2, -0.15) is 4.98 Å². The number of hydrogen-bond acceptors (Lipinski definition) is 6. The quantitative estimate of drug-likeness (QED) is 0.560. The van der Waals surface area contributed by atoms with Crippen molar-refractivity contribution in [2.75, 3.05) is 11.6 Å². The summed E-state index contributed by atoms with van der Waals surface area (Å²) in [6.45, 7) is 2.04. The molecule has 1 aromatic heterocycles. The summed E-state index contributed by atoms with van der Waals surface area (Å²) in [4.78, 5) is 4.54. The van der Waals surface area contributed by atoms with E-state index >= 15 is 0 Å². The van der Waals surface area contributed by atoms with Crippen molar-refractivity contribution < 1.29 is 4.74 Å². The van der Waals surface area contributed by atoms with Crippen LogP contribution in [0.5, 0.6) is 5.88 Å². The number of nitrogens with zero attached hydrogens (tertiary/aromatic N) is 3. The first-order valence-corrected chi connectivity index (χ1v) is 10.4. The van der Waals surface area contributed by atoms with Gasteiger partial charge in [-0.1, -0.05) is 64.1 Å². The largest absolute Gasteiger partial charge is 0.448 e. The van der Waals surface area contributed by atoms with E-state index in [1.807, 2.05) is 49.6 Å². The number of rotatable bonds is 3. The maximum absolute atomic E-state index is 6.23. The molecule has 136 valence electrons. The molecule has 3 aromatic rings.